The number of thioether (sulfide) groups is 1. The van der Waals surface area contributed by atoms with E-state index in [1.54, 1.807) is 0 Å². The van der Waals surface area contributed by atoms with E-state index in [1.807, 2.05) is 25.0 Å². The maximum atomic E-state index is 3.68. The molecule has 0 aliphatic heterocycles. The summed E-state index contributed by atoms with van der Waals surface area (Å²) < 4.78 is 0. The van der Waals surface area contributed by atoms with Gasteiger partial charge in [0, 0.05) is 18.8 Å². The molecule has 0 aromatic carbocycles. The van der Waals surface area contributed by atoms with Crippen molar-refractivity contribution in [1.82, 2.24) is 4.90 Å². The van der Waals surface area contributed by atoms with Crippen LogP contribution in [0.2, 0.25) is 0 Å². The van der Waals surface area contributed by atoms with Crippen LogP contribution in [0.4, 0.5) is 0 Å². The van der Waals surface area contributed by atoms with Gasteiger partial charge in [0.25, 0.3) is 0 Å². The summed E-state index contributed by atoms with van der Waals surface area (Å²) in [6.45, 7) is 5.87. The van der Waals surface area contributed by atoms with E-state index in [2.05, 4.69) is 24.7 Å². The molecule has 9 heavy (non-hydrogen) atoms. The topological polar surface area (TPSA) is 3.24 Å². The summed E-state index contributed by atoms with van der Waals surface area (Å²) in [5, 5.41) is 0. The van der Waals surface area contributed by atoms with Crippen molar-refractivity contribution in [3.8, 4) is 0 Å². The molecule has 0 fully saturated rings. The molecule has 0 rings (SSSR count). The van der Waals surface area contributed by atoms with Gasteiger partial charge in [0.05, 0.1) is 0 Å². The predicted molar refractivity (Wildman–Crippen MR) is 45.8 cm³/mol. The number of hydrogen-bond acceptors (Lipinski definition) is 2. The van der Waals surface area contributed by atoms with Gasteiger partial charge in [-0.3, -0.25) is 0 Å². The maximum Gasteiger partial charge on any atom is 0.0343 e. The lowest BCUT2D eigenvalue weighted by Crippen LogP contribution is -2.25. The molecular formula is C7H15NS. The summed E-state index contributed by atoms with van der Waals surface area (Å²) in [5.41, 5.74) is 0. The first kappa shape index (κ1) is 8.89. The summed E-state index contributed by atoms with van der Waals surface area (Å²) >= 11 is 1.86. The minimum absolute atomic E-state index is 0.609. The number of nitrogens with zero attached hydrogens (tertiary/aromatic N) is 1. The summed E-state index contributed by atoms with van der Waals surface area (Å²) in [7, 11) is 2.05. The highest BCUT2D eigenvalue weighted by Crippen LogP contribution is 2.02. The predicted octanol–water partition coefficient (Wildman–Crippen LogP) is 1.81. The van der Waals surface area contributed by atoms with Crippen molar-refractivity contribution in [2.24, 2.45) is 0 Å². The zero-order chi connectivity index (χ0) is 7.28. The van der Waals surface area contributed by atoms with Crippen LogP contribution in [0.5, 0.6) is 0 Å². The molecule has 2 heteroatoms. The molecule has 1 unspecified atom stereocenters. The highest BCUT2D eigenvalue weighted by Gasteiger charge is 2.01. The molecule has 0 amide bonds. The van der Waals surface area contributed by atoms with Crippen LogP contribution in [0.3, 0.4) is 0 Å². The van der Waals surface area contributed by atoms with Crippen LogP contribution in [-0.2, 0) is 0 Å². The van der Waals surface area contributed by atoms with E-state index in [-0.39, 0.29) is 0 Å². The van der Waals surface area contributed by atoms with Crippen LogP contribution in [-0.4, -0.2) is 30.0 Å². The molecule has 0 saturated carbocycles. The van der Waals surface area contributed by atoms with Gasteiger partial charge in [-0.05, 0) is 19.4 Å². The lowest BCUT2D eigenvalue weighted by atomic mass is 10.4. The van der Waals surface area contributed by atoms with Crippen molar-refractivity contribution in [3.05, 3.63) is 12.8 Å². The lowest BCUT2D eigenvalue weighted by Gasteiger charge is -2.21. The number of rotatable bonds is 4. The fourth-order valence-corrected chi connectivity index (χ4v) is 1.26. The molecule has 0 radical (unpaired) electrons. The van der Waals surface area contributed by atoms with Crippen LogP contribution < -0.4 is 0 Å². The first-order valence-electron chi connectivity index (χ1n) is 3.05. The summed E-state index contributed by atoms with van der Waals surface area (Å²) in [5.74, 6) is 1.17. The average Bonchev–Trinajstić information content (AvgIpc) is 1.87. The third-order valence-electron chi connectivity index (χ3n) is 1.39. The van der Waals surface area contributed by atoms with E-state index in [9.17, 15) is 0 Å². The largest absolute Gasteiger partial charge is 0.377 e. The normalized spacial score (nSPS) is 12.8. The third-order valence-corrected chi connectivity index (χ3v) is 2.21. The zero-order valence-corrected chi connectivity index (χ0v) is 7.24. The molecule has 0 aliphatic carbocycles. The first-order valence-corrected chi connectivity index (χ1v) is 4.45. The quantitative estimate of drug-likeness (QED) is 0.593. The van der Waals surface area contributed by atoms with Gasteiger partial charge in [0.15, 0.2) is 0 Å². The Morgan fingerprint density at radius 2 is 2.33 bits per heavy atom. The van der Waals surface area contributed by atoms with Gasteiger partial charge in [-0.25, -0.2) is 0 Å². The van der Waals surface area contributed by atoms with Crippen molar-refractivity contribution in [2.75, 3.05) is 19.1 Å². The fraction of sp³-hybridized carbons (Fsp3) is 0.714. The van der Waals surface area contributed by atoms with Crippen molar-refractivity contribution in [1.29, 1.82) is 0 Å². The van der Waals surface area contributed by atoms with E-state index >= 15 is 0 Å². The molecule has 1 nitrogen and oxygen atoms in total. The summed E-state index contributed by atoms with van der Waals surface area (Å²) in [6.07, 6.45) is 3.98. The van der Waals surface area contributed by atoms with E-state index in [0.717, 1.165) is 0 Å². The molecule has 0 aliphatic rings. The molecule has 1 atom stereocenters. The van der Waals surface area contributed by atoms with Crippen molar-refractivity contribution in [3.63, 3.8) is 0 Å². The zero-order valence-electron chi connectivity index (χ0n) is 6.42. The lowest BCUT2D eigenvalue weighted by molar-refractivity contribution is 0.382. The second-order valence-corrected chi connectivity index (χ2v) is 3.06. The van der Waals surface area contributed by atoms with Crippen LogP contribution in [0.25, 0.3) is 0 Å². The third kappa shape index (κ3) is 3.46. The maximum absolute atomic E-state index is 3.68. The Bertz CT molecular complexity index is 83.0. The summed E-state index contributed by atoms with van der Waals surface area (Å²) in [4.78, 5) is 2.12. The van der Waals surface area contributed by atoms with Crippen molar-refractivity contribution in [2.45, 2.75) is 13.0 Å². The molecule has 0 N–H and O–H groups in total. The fourth-order valence-electron chi connectivity index (χ4n) is 0.539. The van der Waals surface area contributed by atoms with Gasteiger partial charge in [-0.2, -0.15) is 11.8 Å². The number of hydrogen-bond donors (Lipinski definition) is 0. The Balaban J connectivity index is 3.44. The van der Waals surface area contributed by atoms with Gasteiger partial charge in [-0.15, -0.1) is 0 Å². The van der Waals surface area contributed by atoms with E-state index in [0.29, 0.717) is 6.04 Å². The minimum Gasteiger partial charge on any atom is -0.377 e. The van der Waals surface area contributed by atoms with Crippen LogP contribution in [0.15, 0.2) is 12.8 Å². The monoisotopic (exact) mass is 145 g/mol. The molecule has 0 aromatic heterocycles. The van der Waals surface area contributed by atoms with Gasteiger partial charge in [-0.1, -0.05) is 6.58 Å². The Labute approximate surface area is 62.1 Å². The standard InChI is InChI=1S/C7H15NS/c1-5-8(3)7(2)6-9-4/h5,7H,1,6H2,2-4H3. The van der Waals surface area contributed by atoms with Crippen LogP contribution in [0, 0.1) is 0 Å². The Morgan fingerprint density at radius 1 is 1.78 bits per heavy atom. The van der Waals surface area contributed by atoms with Crippen molar-refractivity contribution >= 4 is 11.8 Å². The van der Waals surface area contributed by atoms with Gasteiger partial charge < -0.3 is 4.90 Å². The SMILES string of the molecule is C=CN(C)C(C)CSC. The molecule has 0 bridgehead atoms. The van der Waals surface area contributed by atoms with Crippen molar-refractivity contribution < 1.29 is 0 Å². The Kier molecular flexibility index (Phi) is 4.68. The summed E-state index contributed by atoms with van der Waals surface area (Å²) in [6, 6.07) is 0.609. The molecule has 0 saturated heterocycles. The highest BCUT2D eigenvalue weighted by atomic mass is 32.2. The highest BCUT2D eigenvalue weighted by molar-refractivity contribution is 7.98. The van der Waals surface area contributed by atoms with E-state index in [1.165, 1.54) is 5.75 Å². The second-order valence-electron chi connectivity index (χ2n) is 2.15. The molecule has 0 heterocycles. The van der Waals surface area contributed by atoms with E-state index in [4.69, 9.17) is 0 Å². The minimum atomic E-state index is 0.609. The second kappa shape index (κ2) is 4.74. The van der Waals surface area contributed by atoms with E-state index < -0.39 is 0 Å². The van der Waals surface area contributed by atoms with Crippen LogP contribution >= 0.6 is 11.8 Å². The average molecular weight is 145 g/mol. The Morgan fingerprint density at radius 3 is 2.67 bits per heavy atom. The van der Waals surface area contributed by atoms with Gasteiger partial charge >= 0.3 is 0 Å². The molecule has 54 valence electrons. The molecule has 0 spiro atoms. The molecule has 0 aromatic rings. The Hall–Kier alpha value is -0.110. The molecular weight excluding hydrogens is 130 g/mol. The first-order chi connectivity index (χ1) is 4.22. The smallest absolute Gasteiger partial charge is 0.0343 e. The van der Waals surface area contributed by atoms with Crippen LogP contribution in [0.1, 0.15) is 6.92 Å². The van der Waals surface area contributed by atoms with Gasteiger partial charge in [0.2, 0.25) is 0 Å². The van der Waals surface area contributed by atoms with Gasteiger partial charge in [0.1, 0.15) is 0 Å².